The van der Waals surface area contributed by atoms with E-state index in [0.29, 0.717) is 6.07 Å². The molecular weight excluding hydrogens is 443 g/mol. The number of benzene rings is 1. The minimum Gasteiger partial charge on any atom is -0.381 e. The number of hydrogen-bond acceptors (Lipinski definition) is 7. The highest BCUT2D eigenvalue weighted by molar-refractivity contribution is 5.68. The normalized spacial score (nSPS) is 14.1. The van der Waals surface area contributed by atoms with Crippen molar-refractivity contribution in [2.75, 3.05) is 0 Å². The Labute approximate surface area is 184 Å². The summed E-state index contributed by atoms with van der Waals surface area (Å²) < 4.78 is 44.2. The van der Waals surface area contributed by atoms with E-state index in [-0.39, 0.29) is 23.4 Å². The molecule has 0 amide bonds. The molecule has 3 aromatic heterocycles. The molecule has 1 N–H and O–H groups in total. The number of aliphatic hydroxyl groups is 1. The van der Waals surface area contributed by atoms with Gasteiger partial charge in [0.1, 0.15) is 35.7 Å². The van der Waals surface area contributed by atoms with E-state index in [4.69, 9.17) is 0 Å². The first-order chi connectivity index (χ1) is 15.7. The highest BCUT2D eigenvalue weighted by Crippen LogP contribution is 2.37. The predicted molar refractivity (Wildman–Crippen MR) is 107 cm³/mol. The quantitative estimate of drug-likeness (QED) is 0.333. The van der Waals surface area contributed by atoms with E-state index in [2.05, 4.69) is 20.2 Å². The van der Waals surface area contributed by atoms with Crippen molar-refractivity contribution in [3.63, 3.8) is 0 Å². The molecule has 0 saturated heterocycles. The molecule has 2 atom stereocenters. The van der Waals surface area contributed by atoms with Gasteiger partial charge in [-0.15, -0.1) is 0 Å². The third kappa shape index (κ3) is 4.17. The van der Waals surface area contributed by atoms with Gasteiger partial charge in [-0.05, 0) is 13.0 Å². The van der Waals surface area contributed by atoms with Crippen molar-refractivity contribution in [2.24, 2.45) is 0 Å². The second kappa shape index (κ2) is 8.43. The Morgan fingerprint density at radius 1 is 1.18 bits per heavy atom. The lowest BCUT2D eigenvalue weighted by Gasteiger charge is -2.34. The van der Waals surface area contributed by atoms with Gasteiger partial charge < -0.3 is 5.11 Å². The SMILES string of the molecule is C[C@@H](n1cc(-c2ncc(F)cc2[N+](=O)[O-])cn1)[C@](O)(Cn1cncn1)c1ccc(F)cc1F. The van der Waals surface area contributed by atoms with Gasteiger partial charge in [0.2, 0.25) is 0 Å². The van der Waals surface area contributed by atoms with Gasteiger partial charge in [-0.3, -0.25) is 14.8 Å². The monoisotopic (exact) mass is 459 g/mol. The van der Waals surface area contributed by atoms with E-state index in [1.165, 1.54) is 41.3 Å². The van der Waals surface area contributed by atoms with Gasteiger partial charge in [-0.25, -0.2) is 27.8 Å². The molecule has 4 aromatic rings. The Hall–Kier alpha value is -4.13. The zero-order valence-electron chi connectivity index (χ0n) is 17.0. The van der Waals surface area contributed by atoms with Crippen LogP contribution in [-0.2, 0) is 12.1 Å². The summed E-state index contributed by atoms with van der Waals surface area (Å²) in [5.74, 6) is -2.67. The summed E-state index contributed by atoms with van der Waals surface area (Å²) in [7, 11) is 0. The molecule has 3 heterocycles. The van der Waals surface area contributed by atoms with Crippen molar-refractivity contribution < 1.29 is 23.2 Å². The summed E-state index contributed by atoms with van der Waals surface area (Å²) in [6.07, 6.45) is 5.99. The smallest absolute Gasteiger partial charge is 0.298 e. The number of rotatable bonds is 7. The Morgan fingerprint density at radius 3 is 2.64 bits per heavy atom. The Balaban J connectivity index is 1.78. The molecule has 0 aliphatic heterocycles. The molecule has 0 bridgehead atoms. The van der Waals surface area contributed by atoms with Crippen LogP contribution in [0.25, 0.3) is 11.3 Å². The maximum atomic E-state index is 14.7. The summed E-state index contributed by atoms with van der Waals surface area (Å²) in [4.78, 5) is 18.1. The van der Waals surface area contributed by atoms with Gasteiger partial charge >= 0.3 is 0 Å². The maximum Gasteiger partial charge on any atom is 0.298 e. The third-order valence-corrected chi connectivity index (χ3v) is 5.26. The number of aromatic nitrogens is 6. The molecule has 13 heteroatoms. The van der Waals surface area contributed by atoms with Crippen LogP contribution < -0.4 is 0 Å². The zero-order valence-corrected chi connectivity index (χ0v) is 17.0. The van der Waals surface area contributed by atoms with Crippen molar-refractivity contribution in [2.45, 2.75) is 25.1 Å². The highest BCUT2D eigenvalue weighted by Gasteiger charge is 2.41. The molecule has 0 aliphatic carbocycles. The first kappa shape index (κ1) is 22.1. The minimum absolute atomic E-state index is 0.132. The fraction of sp³-hybridized carbons (Fsp3) is 0.200. The van der Waals surface area contributed by atoms with E-state index >= 15 is 0 Å². The topological polar surface area (TPSA) is 125 Å². The van der Waals surface area contributed by atoms with Gasteiger partial charge in [0.15, 0.2) is 5.69 Å². The summed E-state index contributed by atoms with van der Waals surface area (Å²) in [6.45, 7) is 1.27. The highest BCUT2D eigenvalue weighted by atomic mass is 19.1. The fourth-order valence-corrected chi connectivity index (χ4v) is 3.53. The molecule has 170 valence electrons. The number of halogens is 3. The lowest BCUT2D eigenvalue weighted by Crippen LogP contribution is -2.40. The van der Waals surface area contributed by atoms with Gasteiger partial charge in [0.05, 0.1) is 36.0 Å². The summed E-state index contributed by atoms with van der Waals surface area (Å²) in [5, 5.41) is 31.0. The van der Waals surface area contributed by atoms with Crippen LogP contribution in [0.15, 0.2) is 55.5 Å². The molecule has 10 nitrogen and oxygen atoms in total. The first-order valence-electron chi connectivity index (χ1n) is 9.54. The van der Waals surface area contributed by atoms with Crippen LogP contribution >= 0.6 is 0 Å². The van der Waals surface area contributed by atoms with E-state index in [1.54, 1.807) is 0 Å². The molecule has 0 unspecified atom stereocenters. The van der Waals surface area contributed by atoms with Crippen molar-refractivity contribution in [1.29, 1.82) is 0 Å². The third-order valence-electron chi connectivity index (χ3n) is 5.26. The molecule has 0 aliphatic rings. The van der Waals surface area contributed by atoms with Gasteiger partial charge in [-0.2, -0.15) is 10.2 Å². The van der Waals surface area contributed by atoms with Crippen molar-refractivity contribution >= 4 is 5.69 Å². The Bertz CT molecular complexity index is 1310. The summed E-state index contributed by atoms with van der Waals surface area (Å²) in [6, 6.07) is 2.54. The lowest BCUT2D eigenvalue weighted by molar-refractivity contribution is -0.384. The zero-order chi connectivity index (χ0) is 23.8. The van der Waals surface area contributed by atoms with Crippen molar-refractivity contribution in [3.8, 4) is 11.3 Å². The number of nitro groups is 1. The number of pyridine rings is 1. The lowest BCUT2D eigenvalue weighted by atomic mass is 9.86. The van der Waals surface area contributed by atoms with E-state index in [0.717, 1.165) is 24.4 Å². The van der Waals surface area contributed by atoms with Crippen LogP contribution in [0.2, 0.25) is 0 Å². The average molecular weight is 459 g/mol. The van der Waals surface area contributed by atoms with Crippen molar-refractivity contribution in [1.82, 2.24) is 29.5 Å². The van der Waals surface area contributed by atoms with Crippen LogP contribution in [0, 0.1) is 27.6 Å². The molecule has 0 saturated carbocycles. The van der Waals surface area contributed by atoms with E-state index in [9.17, 15) is 28.4 Å². The van der Waals surface area contributed by atoms with Gasteiger partial charge in [0.25, 0.3) is 5.69 Å². The molecule has 1 aromatic carbocycles. The van der Waals surface area contributed by atoms with E-state index in [1.807, 2.05) is 0 Å². The molecular formula is C20H16F3N7O3. The molecule has 0 fully saturated rings. The summed E-state index contributed by atoms with van der Waals surface area (Å²) in [5.41, 5.74) is -2.72. The molecule has 0 radical (unpaired) electrons. The van der Waals surface area contributed by atoms with Crippen LogP contribution in [0.1, 0.15) is 18.5 Å². The Morgan fingerprint density at radius 2 is 1.97 bits per heavy atom. The van der Waals surface area contributed by atoms with Crippen LogP contribution in [-0.4, -0.2) is 39.6 Å². The molecule has 0 spiro atoms. The minimum atomic E-state index is -1.99. The van der Waals surface area contributed by atoms with Gasteiger partial charge in [0, 0.05) is 23.4 Å². The standard InChI is InChI=1S/C20H16F3N7O3/c1-12(29-8-13(6-26-29)19-18(30(32)33)5-15(22)7-25-19)20(31,9-28-11-24-10-27-28)16-3-2-14(21)4-17(16)23/h2-8,10-12,31H,9H2,1H3/t12-,20-/m1/s1. The average Bonchev–Trinajstić information content (AvgIpc) is 3.45. The molecule has 33 heavy (non-hydrogen) atoms. The largest absolute Gasteiger partial charge is 0.381 e. The van der Waals surface area contributed by atoms with Crippen LogP contribution in [0.5, 0.6) is 0 Å². The summed E-state index contributed by atoms with van der Waals surface area (Å²) >= 11 is 0. The first-order valence-corrected chi connectivity index (χ1v) is 9.54. The fourth-order valence-electron chi connectivity index (χ4n) is 3.53. The van der Waals surface area contributed by atoms with E-state index < -0.39 is 39.7 Å². The second-order valence-corrected chi connectivity index (χ2v) is 7.30. The van der Waals surface area contributed by atoms with Crippen LogP contribution in [0.4, 0.5) is 18.9 Å². The second-order valence-electron chi connectivity index (χ2n) is 7.30. The molecule has 4 rings (SSSR count). The number of hydrogen-bond donors (Lipinski definition) is 1. The Kier molecular flexibility index (Phi) is 5.64. The number of nitrogens with zero attached hydrogens (tertiary/aromatic N) is 7. The van der Waals surface area contributed by atoms with Gasteiger partial charge in [-0.1, -0.05) is 6.07 Å². The van der Waals surface area contributed by atoms with Crippen LogP contribution in [0.3, 0.4) is 0 Å². The maximum absolute atomic E-state index is 14.7. The predicted octanol–water partition coefficient (Wildman–Crippen LogP) is 3.01. The van der Waals surface area contributed by atoms with Crippen molar-refractivity contribution in [3.05, 3.63) is 88.6 Å².